The fourth-order valence-corrected chi connectivity index (χ4v) is 4.60. The molecule has 2 aromatic rings. The van der Waals surface area contributed by atoms with Crippen LogP contribution in [0.15, 0.2) is 41.8 Å². The van der Waals surface area contributed by atoms with Crippen molar-refractivity contribution in [2.24, 2.45) is 0 Å². The van der Waals surface area contributed by atoms with Crippen molar-refractivity contribution >= 4 is 28.8 Å². The van der Waals surface area contributed by atoms with Crippen LogP contribution in [0.5, 0.6) is 0 Å². The number of anilines is 1. The Kier molecular flexibility index (Phi) is 6.07. The summed E-state index contributed by atoms with van der Waals surface area (Å²) in [6, 6.07) is 11.9. The van der Waals surface area contributed by atoms with Crippen molar-refractivity contribution in [1.29, 1.82) is 0 Å². The lowest BCUT2D eigenvalue weighted by molar-refractivity contribution is -0.132. The van der Waals surface area contributed by atoms with Gasteiger partial charge in [-0.3, -0.25) is 9.59 Å². The van der Waals surface area contributed by atoms with Crippen LogP contribution in [0.2, 0.25) is 0 Å². The summed E-state index contributed by atoms with van der Waals surface area (Å²) in [5.74, 6) is 0.302. The normalized spacial score (nSPS) is 19.4. The van der Waals surface area contributed by atoms with E-state index in [1.165, 1.54) is 4.88 Å². The van der Waals surface area contributed by atoms with Gasteiger partial charge in [0.1, 0.15) is 0 Å². The van der Waals surface area contributed by atoms with Gasteiger partial charge < -0.3 is 14.5 Å². The highest BCUT2D eigenvalue weighted by Crippen LogP contribution is 2.23. The van der Waals surface area contributed by atoms with Crippen LogP contribution in [-0.4, -0.2) is 42.5 Å². The number of hydrogen-bond acceptors (Lipinski definition) is 4. The molecule has 0 N–H and O–H groups in total. The third kappa shape index (κ3) is 4.62. The Hall–Kier alpha value is -2.18. The Labute approximate surface area is 169 Å². The van der Waals surface area contributed by atoms with Crippen LogP contribution in [-0.2, 0) is 27.3 Å². The Morgan fingerprint density at radius 3 is 2.71 bits per heavy atom. The van der Waals surface area contributed by atoms with E-state index in [1.807, 2.05) is 45.5 Å². The van der Waals surface area contributed by atoms with Gasteiger partial charge in [0.05, 0.1) is 19.1 Å². The molecule has 1 aromatic heterocycles. The highest BCUT2D eigenvalue weighted by Gasteiger charge is 2.24. The minimum Gasteiger partial charge on any atom is -0.376 e. The number of amides is 2. The van der Waals surface area contributed by atoms with E-state index in [9.17, 15) is 9.59 Å². The summed E-state index contributed by atoms with van der Waals surface area (Å²) in [5.41, 5.74) is 1.90. The fourth-order valence-electron chi connectivity index (χ4n) is 3.88. The van der Waals surface area contributed by atoms with Gasteiger partial charge in [-0.25, -0.2) is 0 Å². The smallest absolute Gasteiger partial charge is 0.227 e. The van der Waals surface area contributed by atoms with Gasteiger partial charge in [-0.2, -0.15) is 0 Å². The zero-order valence-electron chi connectivity index (χ0n) is 16.0. The number of nitrogens with zero attached hydrogens (tertiary/aromatic N) is 2. The molecule has 6 heteroatoms. The van der Waals surface area contributed by atoms with Crippen LogP contribution >= 0.6 is 11.3 Å². The van der Waals surface area contributed by atoms with E-state index in [0.717, 1.165) is 43.7 Å². The molecule has 2 aliphatic rings. The predicted octanol–water partition coefficient (Wildman–Crippen LogP) is 3.63. The van der Waals surface area contributed by atoms with Crippen molar-refractivity contribution in [1.82, 2.24) is 4.90 Å². The molecule has 2 aliphatic heterocycles. The second-order valence-electron chi connectivity index (χ2n) is 7.48. The molecule has 1 aromatic carbocycles. The largest absolute Gasteiger partial charge is 0.376 e. The number of carbonyl (C=O) groups excluding carboxylic acids is 2. The van der Waals surface area contributed by atoms with Crippen molar-refractivity contribution in [2.75, 3.05) is 24.6 Å². The summed E-state index contributed by atoms with van der Waals surface area (Å²) in [6.45, 7) is 2.86. The molecule has 2 amide bonds. The van der Waals surface area contributed by atoms with Gasteiger partial charge in [-0.1, -0.05) is 18.2 Å². The molecule has 2 saturated heterocycles. The SMILES string of the molecule is O=C(Cc1ccc(N2CCCC2=O)cc1)N(Cc1cccs1)CC1CCCO1. The van der Waals surface area contributed by atoms with Crippen LogP contribution < -0.4 is 4.90 Å². The van der Waals surface area contributed by atoms with Crippen LogP contribution in [0.1, 0.15) is 36.1 Å². The van der Waals surface area contributed by atoms with Crippen molar-refractivity contribution in [3.05, 3.63) is 52.2 Å². The van der Waals surface area contributed by atoms with Crippen molar-refractivity contribution in [3.8, 4) is 0 Å². The zero-order chi connectivity index (χ0) is 19.3. The molecule has 148 valence electrons. The number of rotatable bonds is 7. The van der Waals surface area contributed by atoms with E-state index in [4.69, 9.17) is 4.74 Å². The highest BCUT2D eigenvalue weighted by molar-refractivity contribution is 7.09. The van der Waals surface area contributed by atoms with Crippen molar-refractivity contribution in [3.63, 3.8) is 0 Å². The van der Waals surface area contributed by atoms with Gasteiger partial charge in [0, 0.05) is 36.7 Å². The first-order valence-electron chi connectivity index (χ1n) is 10.00. The summed E-state index contributed by atoms with van der Waals surface area (Å²) in [7, 11) is 0. The van der Waals surface area contributed by atoms with E-state index in [0.29, 0.717) is 25.9 Å². The maximum atomic E-state index is 13.0. The minimum absolute atomic E-state index is 0.119. The molecule has 1 atom stereocenters. The number of carbonyl (C=O) groups is 2. The lowest BCUT2D eigenvalue weighted by Crippen LogP contribution is -2.37. The Morgan fingerprint density at radius 2 is 2.07 bits per heavy atom. The maximum absolute atomic E-state index is 13.0. The first-order chi connectivity index (χ1) is 13.7. The van der Waals surface area contributed by atoms with E-state index in [-0.39, 0.29) is 17.9 Å². The number of hydrogen-bond donors (Lipinski definition) is 0. The fraction of sp³-hybridized carbons (Fsp3) is 0.455. The second kappa shape index (κ2) is 8.88. The van der Waals surface area contributed by atoms with Crippen LogP contribution in [0, 0.1) is 0 Å². The van der Waals surface area contributed by atoms with Gasteiger partial charge in [0.2, 0.25) is 11.8 Å². The Morgan fingerprint density at radius 1 is 1.21 bits per heavy atom. The predicted molar refractivity (Wildman–Crippen MR) is 110 cm³/mol. The average molecular weight is 399 g/mol. The molecule has 0 aliphatic carbocycles. The van der Waals surface area contributed by atoms with Crippen LogP contribution in [0.4, 0.5) is 5.69 Å². The second-order valence-corrected chi connectivity index (χ2v) is 8.51. The minimum atomic E-state index is 0.119. The van der Waals surface area contributed by atoms with E-state index >= 15 is 0 Å². The lowest BCUT2D eigenvalue weighted by atomic mass is 10.1. The van der Waals surface area contributed by atoms with Gasteiger partial charge in [0.15, 0.2) is 0 Å². The molecule has 0 spiro atoms. The van der Waals surface area contributed by atoms with E-state index in [1.54, 1.807) is 11.3 Å². The molecule has 0 bridgehead atoms. The third-order valence-corrected chi connectivity index (χ3v) is 6.27. The molecule has 3 heterocycles. The molecule has 4 rings (SSSR count). The molecule has 0 saturated carbocycles. The quantitative estimate of drug-likeness (QED) is 0.716. The van der Waals surface area contributed by atoms with Gasteiger partial charge in [-0.15, -0.1) is 11.3 Å². The summed E-state index contributed by atoms with van der Waals surface area (Å²) >= 11 is 1.68. The van der Waals surface area contributed by atoms with Crippen molar-refractivity contribution in [2.45, 2.75) is 44.8 Å². The molecule has 1 unspecified atom stereocenters. The number of ether oxygens (including phenoxy) is 1. The monoisotopic (exact) mass is 398 g/mol. The van der Waals surface area contributed by atoms with E-state index in [2.05, 4.69) is 6.07 Å². The summed E-state index contributed by atoms with van der Waals surface area (Å²) in [4.78, 5) is 29.9. The van der Waals surface area contributed by atoms with Crippen LogP contribution in [0.3, 0.4) is 0 Å². The molecule has 5 nitrogen and oxygen atoms in total. The molecule has 28 heavy (non-hydrogen) atoms. The molecular formula is C22H26N2O3S. The van der Waals surface area contributed by atoms with E-state index < -0.39 is 0 Å². The summed E-state index contributed by atoms with van der Waals surface area (Å²) in [5, 5.41) is 2.04. The average Bonchev–Trinajstić information content (AvgIpc) is 3.45. The topological polar surface area (TPSA) is 49.9 Å². The van der Waals surface area contributed by atoms with Crippen LogP contribution in [0.25, 0.3) is 0 Å². The Bertz CT molecular complexity index is 798. The standard InChI is InChI=1S/C22H26N2O3S/c25-21-6-1-11-24(21)18-9-7-17(8-10-18)14-22(26)23(15-19-4-2-12-27-19)16-20-5-3-13-28-20/h3,5,7-10,13,19H,1-2,4,6,11-12,14-16H2. The maximum Gasteiger partial charge on any atom is 0.227 e. The van der Waals surface area contributed by atoms with Gasteiger partial charge >= 0.3 is 0 Å². The first kappa shape index (κ1) is 19.2. The van der Waals surface area contributed by atoms with Crippen molar-refractivity contribution < 1.29 is 14.3 Å². The lowest BCUT2D eigenvalue weighted by Gasteiger charge is -2.25. The third-order valence-electron chi connectivity index (χ3n) is 5.40. The number of thiophene rings is 1. The summed E-state index contributed by atoms with van der Waals surface area (Å²) < 4.78 is 5.76. The highest BCUT2D eigenvalue weighted by atomic mass is 32.1. The summed E-state index contributed by atoms with van der Waals surface area (Å²) in [6.07, 6.45) is 4.15. The van der Waals surface area contributed by atoms with Gasteiger partial charge in [0.25, 0.3) is 0 Å². The number of benzene rings is 1. The zero-order valence-corrected chi connectivity index (χ0v) is 16.8. The van der Waals surface area contributed by atoms with Gasteiger partial charge in [-0.05, 0) is 48.4 Å². The molecule has 2 fully saturated rings. The Balaban J connectivity index is 1.41. The first-order valence-corrected chi connectivity index (χ1v) is 10.9. The molecule has 0 radical (unpaired) electrons. The molecular weight excluding hydrogens is 372 g/mol.